The molecule has 0 aromatic carbocycles. The zero-order chi connectivity index (χ0) is 16.7. The lowest BCUT2D eigenvalue weighted by Crippen LogP contribution is -2.23. The Morgan fingerprint density at radius 3 is 2.79 bits per heavy atom. The van der Waals surface area contributed by atoms with Gasteiger partial charge in [0.15, 0.2) is 0 Å². The first-order chi connectivity index (χ1) is 11.6. The van der Waals surface area contributed by atoms with Crippen molar-refractivity contribution in [3.8, 4) is 11.4 Å². The van der Waals surface area contributed by atoms with E-state index in [2.05, 4.69) is 19.9 Å². The van der Waals surface area contributed by atoms with Gasteiger partial charge in [0, 0.05) is 29.5 Å². The predicted molar refractivity (Wildman–Crippen MR) is 91.4 cm³/mol. The van der Waals surface area contributed by atoms with Gasteiger partial charge >= 0.3 is 0 Å². The highest BCUT2D eigenvalue weighted by molar-refractivity contribution is 7.09. The Kier molecular flexibility index (Phi) is 3.29. The largest absolute Gasteiger partial charge is 0.378 e. The van der Waals surface area contributed by atoms with Crippen LogP contribution < -0.4 is 5.73 Å². The van der Waals surface area contributed by atoms with Gasteiger partial charge in [0.1, 0.15) is 16.3 Å². The third-order valence-electron chi connectivity index (χ3n) is 3.85. The summed E-state index contributed by atoms with van der Waals surface area (Å²) >= 11 is 1.41. The maximum atomic E-state index is 10.9. The molecule has 3 N–H and O–H groups in total. The average molecular weight is 338 g/mol. The minimum absolute atomic E-state index is 0.202. The number of rotatable bonds is 3. The molecular formula is C16H14N6OS. The third kappa shape index (κ3) is 2.32. The minimum Gasteiger partial charge on any atom is -0.378 e. The highest BCUT2D eigenvalue weighted by Gasteiger charge is 2.29. The number of nitrogens with zero attached hydrogens (tertiary/aromatic N) is 5. The zero-order valence-corrected chi connectivity index (χ0v) is 13.6. The Morgan fingerprint density at radius 1 is 1.17 bits per heavy atom. The average Bonchev–Trinajstić information content (AvgIpc) is 3.24. The van der Waals surface area contributed by atoms with Crippen LogP contribution in [0.1, 0.15) is 17.5 Å². The van der Waals surface area contributed by atoms with Crippen molar-refractivity contribution in [1.29, 1.82) is 0 Å². The number of nitrogen functional groups attached to an aromatic ring is 1. The van der Waals surface area contributed by atoms with E-state index in [-0.39, 0.29) is 5.95 Å². The third-order valence-corrected chi connectivity index (χ3v) is 4.84. The molecule has 4 heterocycles. The molecule has 0 aliphatic carbocycles. The van der Waals surface area contributed by atoms with Crippen molar-refractivity contribution in [3.63, 3.8) is 0 Å². The maximum Gasteiger partial charge on any atom is 0.220 e. The van der Waals surface area contributed by atoms with Gasteiger partial charge in [-0.1, -0.05) is 6.07 Å². The van der Waals surface area contributed by atoms with E-state index in [1.54, 1.807) is 31.6 Å². The van der Waals surface area contributed by atoms with Gasteiger partial charge in [0.05, 0.1) is 17.6 Å². The molecule has 0 saturated heterocycles. The summed E-state index contributed by atoms with van der Waals surface area (Å²) in [6.07, 6.45) is 6.85. The van der Waals surface area contributed by atoms with E-state index in [0.29, 0.717) is 16.3 Å². The van der Waals surface area contributed by atoms with Crippen molar-refractivity contribution in [1.82, 2.24) is 24.3 Å². The molecule has 0 aliphatic heterocycles. The van der Waals surface area contributed by atoms with E-state index in [1.165, 1.54) is 11.3 Å². The molecule has 8 heteroatoms. The number of pyridine rings is 1. The van der Waals surface area contributed by atoms with E-state index in [4.69, 9.17) is 5.73 Å². The van der Waals surface area contributed by atoms with Crippen LogP contribution in [-0.4, -0.2) is 29.4 Å². The summed E-state index contributed by atoms with van der Waals surface area (Å²) in [4.78, 5) is 16.8. The van der Waals surface area contributed by atoms with Crippen molar-refractivity contribution < 1.29 is 5.11 Å². The lowest BCUT2D eigenvalue weighted by Gasteiger charge is -2.21. The Labute approximate surface area is 141 Å². The molecule has 0 aliphatic rings. The number of anilines is 1. The molecule has 4 aromatic heterocycles. The van der Waals surface area contributed by atoms with E-state index in [1.807, 2.05) is 28.1 Å². The number of nitrogens with two attached hydrogens (primary N) is 1. The molecule has 1 atom stereocenters. The Hall–Kier alpha value is -2.84. The van der Waals surface area contributed by atoms with Gasteiger partial charge in [0.25, 0.3) is 0 Å². The zero-order valence-electron chi connectivity index (χ0n) is 12.8. The summed E-state index contributed by atoms with van der Waals surface area (Å²) in [5, 5.41) is 13.4. The molecule has 4 aromatic rings. The van der Waals surface area contributed by atoms with Crippen LogP contribution in [0.3, 0.4) is 0 Å². The van der Waals surface area contributed by atoms with E-state index < -0.39 is 5.60 Å². The van der Waals surface area contributed by atoms with Crippen LogP contribution in [0.25, 0.3) is 17.0 Å². The minimum atomic E-state index is -1.19. The summed E-state index contributed by atoms with van der Waals surface area (Å²) in [6.45, 7) is 1.73. The molecule has 4 rings (SSSR count). The van der Waals surface area contributed by atoms with Crippen LogP contribution in [0.15, 0.2) is 48.4 Å². The second kappa shape index (κ2) is 5.36. The number of hydrogen-bond acceptors (Lipinski definition) is 7. The number of fused-ring (bicyclic) bond motifs is 1. The SMILES string of the molecule is CC(O)(c1ccc2ncc(-c3ccnc(N)n3)n2c1)c1nccs1. The first kappa shape index (κ1) is 14.7. The van der Waals surface area contributed by atoms with Crippen LogP contribution >= 0.6 is 11.3 Å². The lowest BCUT2D eigenvalue weighted by molar-refractivity contribution is 0.101. The van der Waals surface area contributed by atoms with Gasteiger partial charge < -0.3 is 10.8 Å². The monoisotopic (exact) mass is 338 g/mol. The summed E-state index contributed by atoms with van der Waals surface area (Å²) < 4.78 is 1.87. The van der Waals surface area contributed by atoms with Crippen molar-refractivity contribution in [2.45, 2.75) is 12.5 Å². The van der Waals surface area contributed by atoms with Crippen molar-refractivity contribution >= 4 is 22.9 Å². The Morgan fingerprint density at radius 2 is 2.04 bits per heavy atom. The Balaban J connectivity index is 1.88. The molecule has 0 radical (unpaired) electrons. The first-order valence-corrected chi connectivity index (χ1v) is 8.12. The molecular weight excluding hydrogens is 324 g/mol. The second-order valence-corrected chi connectivity index (χ2v) is 6.39. The molecule has 0 bridgehead atoms. The number of aliphatic hydroxyl groups is 1. The van der Waals surface area contributed by atoms with Crippen LogP contribution in [0.4, 0.5) is 5.95 Å². The summed E-state index contributed by atoms with van der Waals surface area (Å²) in [7, 11) is 0. The maximum absolute atomic E-state index is 10.9. The van der Waals surface area contributed by atoms with Crippen LogP contribution in [-0.2, 0) is 5.60 Å². The fourth-order valence-electron chi connectivity index (χ4n) is 2.56. The summed E-state index contributed by atoms with van der Waals surface area (Å²) in [5.74, 6) is 0.202. The normalized spacial score (nSPS) is 13.9. The van der Waals surface area contributed by atoms with Crippen LogP contribution in [0, 0.1) is 0 Å². The lowest BCUT2D eigenvalue weighted by atomic mass is 9.98. The molecule has 1 unspecified atom stereocenters. The molecule has 0 amide bonds. The van der Waals surface area contributed by atoms with Gasteiger partial charge in [0.2, 0.25) is 5.95 Å². The molecule has 24 heavy (non-hydrogen) atoms. The van der Waals surface area contributed by atoms with Gasteiger partial charge in [-0.3, -0.25) is 4.40 Å². The van der Waals surface area contributed by atoms with E-state index in [0.717, 1.165) is 11.3 Å². The van der Waals surface area contributed by atoms with Gasteiger partial charge in [-0.05, 0) is 19.1 Å². The number of hydrogen-bond donors (Lipinski definition) is 2. The number of imidazole rings is 1. The summed E-state index contributed by atoms with van der Waals surface area (Å²) in [6, 6.07) is 5.47. The smallest absolute Gasteiger partial charge is 0.220 e. The fraction of sp³-hybridized carbons (Fsp3) is 0.125. The summed E-state index contributed by atoms with van der Waals surface area (Å²) in [5.41, 5.74) is 7.39. The predicted octanol–water partition coefficient (Wildman–Crippen LogP) is 2.09. The number of thiazole rings is 1. The number of aromatic nitrogens is 5. The molecule has 0 saturated carbocycles. The van der Waals surface area contributed by atoms with Gasteiger partial charge in [-0.25, -0.2) is 19.9 Å². The van der Waals surface area contributed by atoms with Gasteiger partial charge in [-0.2, -0.15) is 0 Å². The molecule has 120 valence electrons. The quantitative estimate of drug-likeness (QED) is 0.593. The first-order valence-electron chi connectivity index (χ1n) is 7.24. The fourth-order valence-corrected chi connectivity index (χ4v) is 3.28. The van der Waals surface area contributed by atoms with Crippen molar-refractivity contribution in [2.24, 2.45) is 0 Å². The molecule has 0 spiro atoms. The topological polar surface area (TPSA) is 102 Å². The van der Waals surface area contributed by atoms with Crippen LogP contribution in [0.5, 0.6) is 0 Å². The molecule has 0 fully saturated rings. The Bertz CT molecular complexity index is 1010. The van der Waals surface area contributed by atoms with Crippen LogP contribution in [0.2, 0.25) is 0 Å². The highest BCUT2D eigenvalue weighted by Crippen LogP contribution is 2.31. The van der Waals surface area contributed by atoms with E-state index >= 15 is 0 Å². The standard InChI is InChI=1S/C16H14N6OS/c1-16(23,14-18-6-7-24-14)10-2-3-13-20-8-12(22(13)9-10)11-4-5-19-15(17)21-11/h2-9,23H,1H3,(H2,17,19,21). The second-order valence-electron chi connectivity index (χ2n) is 5.50. The molecule has 7 nitrogen and oxygen atoms in total. The van der Waals surface area contributed by atoms with Gasteiger partial charge in [-0.15, -0.1) is 11.3 Å². The van der Waals surface area contributed by atoms with E-state index in [9.17, 15) is 5.11 Å². The van der Waals surface area contributed by atoms with Crippen molar-refractivity contribution in [3.05, 3.63) is 58.9 Å². The van der Waals surface area contributed by atoms with Crippen molar-refractivity contribution in [2.75, 3.05) is 5.73 Å². The highest BCUT2D eigenvalue weighted by atomic mass is 32.1.